The molecule has 1 saturated heterocycles. The summed E-state index contributed by atoms with van der Waals surface area (Å²) in [4.78, 5) is 19.3. The van der Waals surface area contributed by atoms with Crippen molar-refractivity contribution in [3.8, 4) is 11.8 Å². The van der Waals surface area contributed by atoms with Crippen molar-refractivity contribution in [2.24, 2.45) is 0 Å². The average molecular weight is 429 g/mol. The number of hydrogen-bond acceptors (Lipinski definition) is 5. The van der Waals surface area contributed by atoms with E-state index in [0.29, 0.717) is 30.8 Å². The Hall–Kier alpha value is -3.59. The van der Waals surface area contributed by atoms with Crippen LogP contribution in [0.25, 0.3) is 10.9 Å². The molecule has 6 heteroatoms. The number of benzene rings is 2. The van der Waals surface area contributed by atoms with Crippen LogP contribution in [0.4, 0.5) is 5.69 Å². The van der Waals surface area contributed by atoms with Crippen LogP contribution in [0.5, 0.6) is 5.75 Å². The van der Waals surface area contributed by atoms with Gasteiger partial charge in [-0.3, -0.25) is 9.78 Å². The minimum atomic E-state index is 0.0461. The Bertz CT molecular complexity index is 1170. The van der Waals surface area contributed by atoms with Gasteiger partial charge < -0.3 is 15.0 Å². The number of likely N-dealkylation sites (tertiary alicyclic amines) is 1. The molecule has 0 spiro atoms. The van der Waals surface area contributed by atoms with E-state index in [1.54, 1.807) is 6.20 Å². The molecule has 1 fully saturated rings. The Kier molecular flexibility index (Phi) is 6.27. The lowest BCUT2D eigenvalue weighted by Crippen LogP contribution is -2.42. The molecular weight excluding hydrogens is 400 g/mol. The fourth-order valence-corrected chi connectivity index (χ4v) is 4.37. The summed E-state index contributed by atoms with van der Waals surface area (Å²) in [5.74, 6) is 0.820. The lowest BCUT2D eigenvalue weighted by atomic mass is 10.00. The van der Waals surface area contributed by atoms with Gasteiger partial charge in [-0.25, -0.2) is 0 Å². The first kappa shape index (κ1) is 21.6. The Morgan fingerprint density at radius 1 is 1.22 bits per heavy atom. The quantitative estimate of drug-likeness (QED) is 0.629. The second-order valence-corrected chi connectivity index (χ2v) is 8.30. The van der Waals surface area contributed by atoms with Crippen LogP contribution in [0.2, 0.25) is 0 Å². The maximum atomic E-state index is 12.9. The molecule has 1 aromatic heterocycles. The number of hydrogen-bond donors (Lipinski definition) is 1. The van der Waals surface area contributed by atoms with Crippen molar-refractivity contribution in [2.75, 3.05) is 25.0 Å². The van der Waals surface area contributed by atoms with Crippen LogP contribution in [0.1, 0.15) is 46.8 Å². The fourth-order valence-electron chi connectivity index (χ4n) is 4.37. The largest absolute Gasteiger partial charge is 0.494 e. The van der Waals surface area contributed by atoms with Gasteiger partial charge in [0.15, 0.2) is 0 Å². The van der Waals surface area contributed by atoms with Crippen LogP contribution in [-0.2, 0) is 0 Å². The van der Waals surface area contributed by atoms with Gasteiger partial charge >= 0.3 is 0 Å². The summed E-state index contributed by atoms with van der Waals surface area (Å²) >= 11 is 0. The second-order valence-electron chi connectivity index (χ2n) is 8.30. The predicted molar refractivity (Wildman–Crippen MR) is 126 cm³/mol. The molecule has 1 amide bonds. The van der Waals surface area contributed by atoms with E-state index in [0.717, 1.165) is 46.3 Å². The zero-order valence-corrected chi connectivity index (χ0v) is 18.8. The monoisotopic (exact) mass is 428 g/mol. The third-order valence-electron chi connectivity index (χ3n) is 5.97. The summed E-state index contributed by atoms with van der Waals surface area (Å²) in [7, 11) is 0. The molecule has 32 heavy (non-hydrogen) atoms. The van der Waals surface area contributed by atoms with E-state index >= 15 is 0 Å². The van der Waals surface area contributed by atoms with Gasteiger partial charge in [0.05, 0.1) is 23.4 Å². The number of carbonyl (C=O) groups excluding carboxylic acids is 1. The van der Waals surface area contributed by atoms with Gasteiger partial charge in [0.1, 0.15) is 11.8 Å². The van der Waals surface area contributed by atoms with Crippen LogP contribution < -0.4 is 10.1 Å². The van der Waals surface area contributed by atoms with Crippen molar-refractivity contribution >= 4 is 22.5 Å². The van der Waals surface area contributed by atoms with Gasteiger partial charge in [0.2, 0.25) is 0 Å². The van der Waals surface area contributed by atoms with E-state index in [-0.39, 0.29) is 11.9 Å². The number of rotatable bonds is 5. The first-order valence-electron chi connectivity index (χ1n) is 11.1. The zero-order valence-electron chi connectivity index (χ0n) is 18.8. The van der Waals surface area contributed by atoms with Gasteiger partial charge in [-0.1, -0.05) is 11.6 Å². The topological polar surface area (TPSA) is 78.2 Å². The Morgan fingerprint density at radius 2 is 1.94 bits per heavy atom. The average Bonchev–Trinajstić information content (AvgIpc) is 2.80. The third kappa shape index (κ3) is 4.38. The lowest BCUT2D eigenvalue weighted by Gasteiger charge is -2.33. The standard InChI is InChI=1S/C26H28N4O2/c1-4-32-22-7-5-19(6-8-22)26(31)30-11-9-21(10-12-30)29-25-20(15-27)16-28-24-18(3)13-17(2)14-23(24)25/h5-8,13-14,16,21H,4,9-12H2,1-3H3,(H,28,29). The second kappa shape index (κ2) is 9.27. The third-order valence-corrected chi connectivity index (χ3v) is 5.97. The molecular formula is C26H28N4O2. The molecule has 1 aliphatic heterocycles. The Morgan fingerprint density at radius 3 is 2.59 bits per heavy atom. The molecule has 164 valence electrons. The number of nitrogens with one attached hydrogen (secondary N) is 1. The summed E-state index contributed by atoms with van der Waals surface area (Å²) in [5, 5.41) is 14.2. The summed E-state index contributed by atoms with van der Waals surface area (Å²) < 4.78 is 5.46. The molecule has 0 atom stereocenters. The number of aromatic nitrogens is 1. The minimum Gasteiger partial charge on any atom is -0.494 e. The van der Waals surface area contributed by atoms with E-state index in [9.17, 15) is 10.1 Å². The molecule has 3 aromatic rings. The van der Waals surface area contributed by atoms with Crippen LogP contribution in [-0.4, -0.2) is 41.5 Å². The Balaban J connectivity index is 1.47. The van der Waals surface area contributed by atoms with Crippen LogP contribution in [0, 0.1) is 25.2 Å². The number of aryl methyl sites for hydroxylation is 2. The number of anilines is 1. The lowest BCUT2D eigenvalue weighted by molar-refractivity contribution is 0.0718. The molecule has 0 bridgehead atoms. The van der Waals surface area contributed by atoms with Gasteiger partial charge in [0.25, 0.3) is 5.91 Å². The first-order chi connectivity index (χ1) is 15.5. The van der Waals surface area contributed by atoms with Crippen molar-refractivity contribution < 1.29 is 9.53 Å². The summed E-state index contributed by atoms with van der Waals surface area (Å²) in [5.41, 5.74) is 5.24. The van der Waals surface area contributed by atoms with Crippen molar-refractivity contribution in [3.05, 3.63) is 64.8 Å². The number of nitriles is 1. The molecule has 6 nitrogen and oxygen atoms in total. The maximum absolute atomic E-state index is 12.9. The van der Waals surface area contributed by atoms with Crippen LogP contribution >= 0.6 is 0 Å². The molecule has 0 unspecified atom stereocenters. The number of amides is 1. The Labute approximate surface area is 188 Å². The van der Waals surface area contributed by atoms with E-state index in [1.165, 1.54) is 0 Å². The maximum Gasteiger partial charge on any atom is 0.253 e. The van der Waals surface area contributed by atoms with Crippen molar-refractivity contribution in [3.63, 3.8) is 0 Å². The highest BCUT2D eigenvalue weighted by atomic mass is 16.5. The number of pyridine rings is 1. The van der Waals surface area contributed by atoms with Gasteiger partial charge in [0, 0.05) is 36.3 Å². The highest BCUT2D eigenvalue weighted by molar-refractivity contribution is 5.96. The van der Waals surface area contributed by atoms with Crippen molar-refractivity contribution in [2.45, 2.75) is 39.7 Å². The molecule has 1 N–H and O–H groups in total. The molecule has 1 aliphatic rings. The highest BCUT2D eigenvalue weighted by Crippen LogP contribution is 2.31. The minimum absolute atomic E-state index is 0.0461. The van der Waals surface area contributed by atoms with Crippen molar-refractivity contribution in [1.82, 2.24) is 9.88 Å². The molecule has 4 rings (SSSR count). The molecule has 0 aliphatic carbocycles. The van der Waals surface area contributed by atoms with Gasteiger partial charge in [-0.15, -0.1) is 0 Å². The van der Waals surface area contributed by atoms with Gasteiger partial charge in [-0.2, -0.15) is 5.26 Å². The predicted octanol–water partition coefficient (Wildman–Crippen LogP) is 4.84. The van der Waals surface area contributed by atoms with E-state index in [4.69, 9.17) is 4.74 Å². The first-order valence-corrected chi connectivity index (χ1v) is 11.1. The number of piperidine rings is 1. The number of carbonyl (C=O) groups is 1. The molecule has 2 heterocycles. The smallest absolute Gasteiger partial charge is 0.253 e. The highest BCUT2D eigenvalue weighted by Gasteiger charge is 2.25. The number of ether oxygens (including phenoxy) is 1. The number of nitrogens with zero attached hydrogens (tertiary/aromatic N) is 3. The molecule has 2 aromatic carbocycles. The SMILES string of the molecule is CCOc1ccc(C(=O)N2CCC(Nc3c(C#N)cnc4c(C)cc(C)cc34)CC2)cc1. The van der Waals surface area contributed by atoms with Crippen LogP contribution in [0.15, 0.2) is 42.6 Å². The van der Waals surface area contributed by atoms with E-state index < -0.39 is 0 Å². The number of fused-ring (bicyclic) bond motifs is 1. The van der Waals surface area contributed by atoms with E-state index in [1.807, 2.05) is 43.0 Å². The summed E-state index contributed by atoms with van der Waals surface area (Å²) in [6.07, 6.45) is 3.29. The van der Waals surface area contributed by atoms with Gasteiger partial charge in [-0.05, 0) is 69.5 Å². The summed E-state index contributed by atoms with van der Waals surface area (Å²) in [6.45, 7) is 7.99. The van der Waals surface area contributed by atoms with Crippen molar-refractivity contribution in [1.29, 1.82) is 5.26 Å². The zero-order chi connectivity index (χ0) is 22.7. The van der Waals surface area contributed by atoms with Crippen LogP contribution in [0.3, 0.4) is 0 Å². The normalized spacial score (nSPS) is 14.2. The molecule has 0 saturated carbocycles. The summed E-state index contributed by atoms with van der Waals surface area (Å²) in [6, 6.07) is 14.0. The fraction of sp³-hybridized carbons (Fsp3) is 0.346. The molecule has 0 radical (unpaired) electrons. The van der Waals surface area contributed by atoms with E-state index in [2.05, 4.69) is 35.4 Å².